The van der Waals surface area contributed by atoms with Crippen LogP contribution < -0.4 is 10.2 Å². The molecule has 1 aliphatic heterocycles. The Labute approximate surface area is 188 Å². The number of H-pyrrole nitrogens is 1. The fourth-order valence-electron chi connectivity index (χ4n) is 3.88. The van der Waals surface area contributed by atoms with Crippen LogP contribution in [0.4, 0.5) is 15.9 Å². The number of anilines is 2. The highest BCUT2D eigenvalue weighted by atomic mass is 19.1. The molecule has 8 nitrogen and oxygen atoms in total. The summed E-state index contributed by atoms with van der Waals surface area (Å²) in [5.41, 5.74) is 4.69. The number of amides is 2. The average Bonchev–Trinajstić information content (AvgIpc) is 3.24. The summed E-state index contributed by atoms with van der Waals surface area (Å²) in [6.45, 7) is 2.19. The molecule has 1 aliphatic rings. The summed E-state index contributed by atoms with van der Waals surface area (Å²) in [4.78, 5) is 35.9. The van der Waals surface area contributed by atoms with Gasteiger partial charge >= 0.3 is 0 Å². The van der Waals surface area contributed by atoms with Gasteiger partial charge in [0.1, 0.15) is 11.6 Å². The summed E-state index contributed by atoms with van der Waals surface area (Å²) in [5.74, 6) is -0.928. The lowest BCUT2D eigenvalue weighted by molar-refractivity contribution is 0.0986. The van der Waals surface area contributed by atoms with E-state index in [1.807, 2.05) is 6.07 Å². The van der Waals surface area contributed by atoms with Crippen molar-refractivity contribution in [2.24, 2.45) is 0 Å². The Morgan fingerprint density at radius 3 is 2.82 bits per heavy atom. The number of fused-ring (bicyclic) bond motifs is 3. The number of nitrogens with one attached hydrogen (secondary N) is 2. The number of carbonyl (C=O) groups excluding carboxylic acids is 2. The molecule has 164 valence electrons. The van der Waals surface area contributed by atoms with Gasteiger partial charge in [-0.05, 0) is 54.8 Å². The minimum atomic E-state index is -0.492. The second-order valence-corrected chi connectivity index (χ2v) is 7.72. The zero-order chi connectivity index (χ0) is 22.9. The Hall–Kier alpha value is -4.40. The van der Waals surface area contributed by atoms with Gasteiger partial charge in [0.05, 0.1) is 29.3 Å². The molecule has 9 heteroatoms. The van der Waals surface area contributed by atoms with Crippen molar-refractivity contribution in [2.45, 2.75) is 13.3 Å². The Balaban J connectivity index is 1.37. The molecule has 5 rings (SSSR count). The van der Waals surface area contributed by atoms with E-state index in [9.17, 15) is 14.0 Å². The second kappa shape index (κ2) is 8.27. The maximum absolute atomic E-state index is 13.5. The number of pyridine rings is 2. The summed E-state index contributed by atoms with van der Waals surface area (Å²) in [6.07, 6.45) is 7.16. The predicted molar refractivity (Wildman–Crippen MR) is 121 cm³/mol. The number of aromatic amines is 1. The van der Waals surface area contributed by atoms with E-state index in [4.69, 9.17) is 0 Å². The highest BCUT2D eigenvalue weighted by Crippen LogP contribution is 2.34. The maximum Gasteiger partial charge on any atom is 0.259 e. The molecule has 0 spiro atoms. The van der Waals surface area contributed by atoms with Crippen molar-refractivity contribution >= 4 is 23.3 Å². The van der Waals surface area contributed by atoms with Crippen LogP contribution in [0.2, 0.25) is 0 Å². The van der Waals surface area contributed by atoms with Gasteiger partial charge in [-0.2, -0.15) is 5.10 Å². The maximum atomic E-state index is 13.5. The van der Waals surface area contributed by atoms with Crippen LogP contribution >= 0.6 is 0 Å². The van der Waals surface area contributed by atoms with E-state index in [2.05, 4.69) is 25.5 Å². The third-order valence-electron chi connectivity index (χ3n) is 5.62. The van der Waals surface area contributed by atoms with E-state index in [0.717, 1.165) is 16.8 Å². The molecule has 0 atom stereocenters. The molecule has 2 amide bonds. The molecule has 3 aromatic heterocycles. The first-order chi connectivity index (χ1) is 16.0. The average molecular weight is 442 g/mol. The van der Waals surface area contributed by atoms with E-state index in [1.54, 1.807) is 48.6 Å². The molecule has 0 unspecified atom stereocenters. The Bertz CT molecular complexity index is 1370. The van der Waals surface area contributed by atoms with E-state index in [-0.39, 0.29) is 17.3 Å². The number of carbonyl (C=O) groups is 2. The number of nitrogens with zero attached hydrogens (tertiary/aromatic N) is 4. The first kappa shape index (κ1) is 20.5. The van der Waals surface area contributed by atoms with E-state index in [1.165, 1.54) is 18.3 Å². The molecule has 0 saturated heterocycles. The number of benzene rings is 1. The predicted octanol–water partition coefficient (Wildman–Crippen LogP) is 3.77. The van der Waals surface area contributed by atoms with Gasteiger partial charge in [0.25, 0.3) is 11.8 Å². The number of rotatable bonds is 3. The number of halogens is 1. The monoisotopic (exact) mass is 442 g/mol. The minimum Gasteiger partial charge on any atom is -0.307 e. The lowest BCUT2D eigenvalue weighted by atomic mass is 10.1. The first-order valence-electron chi connectivity index (χ1n) is 10.3. The molecule has 4 heterocycles. The van der Waals surface area contributed by atoms with Gasteiger partial charge in [-0.15, -0.1) is 0 Å². The van der Waals surface area contributed by atoms with Crippen molar-refractivity contribution in [3.63, 3.8) is 0 Å². The zero-order valence-electron chi connectivity index (χ0n) is 17.7. The number of aryl methyl sites for hydroxylation is 1. The second-order valence-electron chi connectivity index (χ2n) is 7.72. The van der Waals surface area contributed by atoms with Crippen LogP contribution in [-0.2, 0) is 6.42 Å². The molecule has 0 fully saturated rings. The van der Waals surface area contributed by atoms with Gasteiger partial charge in [-0.3, -0.25) is 19.7 Å². The Morgan fingerprint density at radius 2 is 2.00 bits per heavy atom. The third kappa shape index (κ3) is 3.84. The summed E-state index contributed by atoms with van der Waals surface area (Å²) >= 11 is 0. The van der Waals surface area contributed by atoms with Gasteiger partial charge in [-0.1, -0.05) is 6.07 Å². The van der Waals surface area contributed by atoms with Gasteiger partial charge in [0, 0.05) is 30.1 Å². The third-order valence-corrected chi connectivity index (χ3v) is 5.62. The van der Waals surface area contributed by atoms with Gasteiger partial charge in [-0.25, -0.2) is 9.37 Å². The van der Waals surface area contributed by atoms with E-state index in [0.29, 0.717) is 29.8 Å². The van der Waals surface area contributed by atoms with Crippen LogP contribution in [0.25, 0.3) is 11.3 Å². The fourth-order valence-corrected chi connectivity index (χ4v) is 3.88. The molecular weight excluding hydrogens is 423 g/mol. The van der Waals surface area contributed by atoms with Crippen molar-refractivity contribution in [1.29, 1.82) is 0 Å². The van der Waals surface area contributed by atoms with E-state index < -0.39 is 11.7 Å². The SMILES string of the molecule is Cc1ccc(F)cc1C(=O)Nc1ccc(C(=O)N2CCc3cn[nH]c3-c3ccncc32)cn1. The minimum absolute atomic E-state index is 0.225. The lowest BCUT2D eigenvalue weighted by Crippen LogP contribution is -2.32. The summed E-state index contributed by atoms with van der Waals surface area (Å²) in [5, 5.41) is 9.77. The molecule has 0 aliphatic carbocycles. The highest BCUT2D eigenvalue weighted by Gasteiger charge is 2.26. The van der Waals surface area contributed by atoms with Gasteiger partial charge < -0.3 is 10.2 Å². The molecule has 0 saturated carbocycles. The highest BCUT2D eigenvalue weighted by molar-refractivity contribution is 6.08. The molecule has 33 heavy (non-hydrogen) atoms. The van der Waals surface area contributed by atoms with Gasteiger partial charge in [0.15, 0.2) is 0 Å². The van der Waals surface area contributed by atoms with E-state index >= 15 is 0 Å². The van der Waals surface area contributed by atoms with Crippen molar-refractivity contribution in [3.8, 4) is 11.3 Å². The largest absolute Gasteiger partial charge is 0.307 e. The summed E-state index contributed by atoms with van der Waals surface area (Å²) in [6, 6.07) is 9.02. The zero-order valence-corrected chi connectivity index (χ0v) is 17.7. The molecule has 4 aromatic rings. The van der Waals surface area contributed by atoms with Crippen LogP contribution in [-0.4, -0.2) is 38.5 Å². The van der Waals surface area contributed by atoms with Gasteiger partial charge in [0.2, 0.25) is 0 Å². The first-order valence-corrected chi connectivity index (χ1v) is 10.3. The van der Waals surface area contributed by atoms with Crippen molar-refractivity contribution in [2.75, 3.05) is 16.8 Å². The van der Waals surface area contributed by atoms with Crippen LogP contribution in [0, 0.1) is 12.7 Å². The molecule has 2 N–H and O–H groups in total. The van der Waals surface area contributed by atoms with Crippen LogP contribution in [0.1, 0.15) is 31.8 Å². The molecular formula is C24H19FN6O2. The summed E-state index contributed by atoms with van der Waals surface area (Å²) < 4.78 is 13.5. The number of hydrogen-bond donors (Lipinski definition) is 2. The van der Waals surface area contributed by atoms with Crippen molar-refractivity contribution in [1.82, 2.24) is 20.2 Å². The molecule has 1 aromatic carbocycles. The van der Waals surface area contributed by atoms with Crippen LogP contribution in [0.3, 0.4) is 0 Å². The lowest BCUT2D eigenvalue weighted by Gasteiger charge is -2.22. The molecule has 0 radical (unpaired) electrons. The smallest absolute Gasteiger partial charge is 0.259 e. The quantitative estimate of drug-likeness (QED) is 0.503. The number of aromatic nitrogens is 4. The van der Waals surface area contributed by atoms with Crippen molar-refractivity contribution in [3.05, 3.63) is 89.3 Å². The Morgan fingerprint density at radius 1 is 1.12 bits per heavy atom. The normalized spacial score (nSPS) is 12.5. The Kier molecular flexibility index (Phi) is 5.14. The van der Waals surface area contributed by atoms with Crippen molar-refractivity contribution < 1.29 is 14.0 Å². The van der Waals surface area contributed by atoms with Crippen LogP contribution in [0.15, 0.2) is 61.2 Å². The fraction of sp³-hybridized carbons (Fsp3) is 0.125. The number of hydrogen-bond acceptors (Lipinski definition) is 5. The summed E-state index contributed by atoms with van der Waals surface area (Å²) in [7, 11) is 0. The van der Waals surface area contributed by atoms with Crippen LogP contribution in [0.5, 0.6) is 0 Å². The standard InChI is InChI=1S/C24H19FN6O2/c1-14-2-4-17(25)10-19(14)23(32)29-21-5-3-16(11-27-21)24(33)31-9-7-15-12-28-30-22(15)18-6-8-26-13-20(18)31/h2-6,8,10-13H,7,9H2,1H3,(H,28,30)(H,27,29,32). The topological polar surface area (TPSA) is 104 Å². The molecule has 0 bridgehead atoms.